The van der Waals surface area contributed by atoms with E-state index in [0.29, 0.717) is 22.6 Å². The standard InChI is InChI=1S/C22H23N3O3/c1-14-9-10-23-12-19(14)24-20(26)16-6-4-5-15(11-16)13-25-21(27)17-7-2-3-8-18(17)22(25)28/h2-8,11,14,19,23H,9-10,12-13H2,1H3,(H,24,26). The summed E-state index contributed by atoms with van der Waals surface area (Å²) in [7, 11) is 0. The molecule has 2 heterocycles. The van der Waals surface area contributed by atoms with Gasteiger partial charge in [0.1, 0.15) is 0 Å². The van der Waals surface area contributed by atoms with Gasteiger partial charge in [-0.25, -0.2) is 0 Å². The van der Waals surface area contributed by atoms with Crippen LogP contribution < -0.4 is 10.6 Å². The Morgan fingerprint density at radius 1 is 1.11 bits per heavy atom. The second-order valence-corrected chi connectivity index (χ2v) is 7.49. The van der Waals surface area contributed by atoms with Crippen LogP contribution in [0.1, 0.15) is 50.0 Å². The minimum atomic E-state index is -0.294. The molecule has 1 fully saturated rings. The van der Waals surface area contributed by atoms with Gasteiger partial charge in [0.2, 0.25) is 0 Å². The van der Waals surface area contributed by atoms with Crippen molar-refractivity contribution in [3.63, 3.8) is 0 Å². The highest BCUT2D eigenvalue weighted by Gasteiger charge is 2.35. The fraction of sp³-hybridized carbons (Fsp3) is 0.318. The molecule has 6 nitrogen and oxygen atoms in total. The summed E-state index contributed by atoms with van der Waals surface area (Å²) in [5.74, 6) is -0.299. The molecular weight excluding hydrogens is 354 g/mol. The van der Waals surface area contributed by atoms with Crippen molar-refractivity contribution in [3.8, 4) is 0 Å². The maximum absolute atomic E-state index is 12.7. The zero-order valence-electron chi connectivity index (χ0n) is 15.8. The number of benzene rings is 2. The first kappa shape index (κ1) is 18.4. The third-order valence-corrected chi connectivity index (χ3v) is 5.55. The van der Waals surface area contributed by atoms with Gasteiger partial charge in [-0.2, -0.15) is 0 Å². The quantitative estimate of drug-likeness (QED) is 0.801. The van der Waals surface area contributed by atoms with Crippen LogP contribution in [0.5, 0.6) is 0 Å². The lowest BCUT2D eigenvalue weighted by Gasteiger charge is -2.30. The molecule has 0 aromatic heterocycles. The second-order valence-electron chi connectivity index (χ2n) is 7.49. The molecule has 0 spiro atoms. The molecule has 144 valence electrons. The van der Waals surface area contributed by atoms with Crippen LogP contribution >= 0.6 is 0 Å². The number of nitrogens with zero attached hydrogens (tertiary/aromatic N) is 1. The molecule has 28 heavy (non-hydrogen) atoms. The molecule has 0 saturated carbocycles. The van der Waals surface area contributed by atoms with Gasteiger partial charge in [-0.05, 0) is 48.7 Å². The molecule has 2 aromatic carbocycles. The molecule has 0 radical (unpaired) electrons. The van der Waals surface area contributed by atoms with Gasteiger partial charge in [-0.1, -0.05) is 31.2 Å². The van der Waals surface area contributed by atoms with Gasteiger partial charge < -0.3 is 10.6 Å². The van der Waals surface area contributed by atoms with Gasteiger partial charge in [-0.3, -0.25) is 19.3 Å². The summed E-state index contributed by atoms with van der Waals surface area (Å²) in [5.41, 5.74) is 2.14. The van der Waals surface area contributed by atoms with Crippen molar-refractivity contribution < 1.29 is 14.4 Å². The Morgan fingerprint density at radius 2 is 1.82 bits per heavy atom. The van der Waals surface area contributed by atoms with E-state index in [1.54, 1.807) is 42.5 Å². The van der Waals surface area contributed by atoms with Crippen LogP contribution in [0, 0.1) is 5.92 Å². The fourth-order valence-electron chi connectivity index (χ4n) is 3.81. The first-order chi connectivity index (χ1) is 13.5. The average Bonchev–Trinajstić information content (AvgIpc) is 2.95. The monoisotopic (exact) mass is 377 g/mol. The van der Waals surface area contributed by atoms with Crippen molar-refractivity contribution in [3.05, 3.63) is 70.8 Å². The van der Waals surface area contributed by atoms with Crippen LogP contribution in [0.15, 0.2) is 48.5 Å². The first-order valence-electron chi connectivity index (χ1n) is 9.60. The van der Waals surface area contributed by atoms with Crippen LogP contribution in [0.3, 0.4) is 0 Å². The number of fused-ring (bicyclic) bond motifs is 1. The molecule has 2 N–H and O–H groups in total. The summed E-state index contributed by atoms with van der Waals surface area (Å²) < 4.78 is 0. The van der Waals surface area contributed by atoms with Crippen molar-refractivity contribution >= 4 is 17.7 Å². The summed E-state index contributed by atoms with van der Waals surface area (Å²) >= 11 is 0. The van der Waals surface area contributed by atoms with E-state index in [1.165, 1.54) is 4.90 Å². The van der Waals surface area contributed by atoms with E-state index < -0.39 is 0 Å². The number of imide groups is 1. The van der Waals surface area contributed by atoms with Crippen LogP contribution in [-0.2, 0) is 6.54 Å². The minimum absolute atomic E-state index is 0.0983. The lowest BCUT2D eigenvalue weighted by atomic mass is 9.94. The smallest absolute Gasteiger partial charge is 0.261 e. The maximum Gasteiger partial charge on any atom is 0.261 e. The van der Waals surface area contributed by atoms with E-state index >= 15 is 0 Å². The van der Waals surface area contributed by atoms with E-state index in [9.17, 15) is 14.4 Å². The molecule has 2 aliphatic rings. The predicted molar refractivity (Wildman–Crippen MR) is 105 cm³/mol. The number of hydrogen-bond donors (Lipinski definition) is 2. The topological polar surface area (TPSA) is 78.5 Å². The van der Waals surface area contributed by atoms with Gasteiger partial charge in [-0.15, -0.1) is 0 Å². The fourth-order valence-corrected chi connectivity index (χ4v) is 3.81. The summed E-state index contributed by atoms with van der Waals surface area (Å²) in [6, 6.07) is 14.0. The first-order valence-corrected chi connectivity index (χ1v) is 9.60. The highest BCUT2D eigenvalue weighted by atomic mass is 16.2. The predicted octanol–water partition coefficient (Wildman–Crippen LogP) is 2.21. The summed E-state index contributed by atoms with van der Waals surface area (Å²) in [5, 5.41) is 6.39. The van der Waals surface area contributed by atoms with E-state index in [1.807, 2.05) is 6.07 Å². The summed E-state index contributed by atoms with van der Waals surface area (Å²) in [6.07, 6.45) is 1.03. The summed E-state index contributed by atoms with van der Waals surface area (Å²) in [6.45, 7) is 4.03. The number of carbonyl (C=O) groups excluding carboxylic acids is 3. The Labute approximate surface area is 163 Å². The van der Waals surface area contributed by atoms with Crippen molar-refractivity contribution in [2.24, 2.45) is 5.92 Å². The van der Waals surface area contributed by atoms with Gasteiger partial charge >= 0.3 is 0 Å². The molecule has 6 heteroatoms. The third-order valence-electron chi connectivity index (χ3n) is 5.55. The molecule has 3 amide bonds. The number of piperidine rings is 1. The van der Waals surface area contributed by atoms with Gasteiger partial charge in [0, 0.05) is 18.2 Å². The molecule has 0 bridgehead atoms. The molecule has 0 aliphatic carbocycles. The Bertz CT molecular complexity index is 905. The van der Waals surface area contributed by atoms with Crippen LogP contribution in [0.2, 0.25) is 0 Å². The van der Waals surface area contributed by atoms with E-state index in [-0.39, 0.29) is 30.3 Å². The molecular formula is C22H23N3O3. The van der Waals surface area contributed by atoms with Crippen molar-refractivity contribution in [2.75, 3.05) is 13.1 Å². The number of carbonyl (C=O) groups is 3. The van der Waals surface area contributed by atoms with Gasteiger partial charge in [0.15, 0.2) is 0 Å². The number of rotatable bonds is 4. The molecule has 2 unspecified atom stereocenters. The van der Waals surface area contributed by atoms with E-state index in [2.05, 4.69) is 17.6 Å². The second kappa shape index (κ2) is 7.56. The number of hydrogen-bond acceptors (Lipinski definition) is 4. The largest absolute Gasteiger partial charge is 0.348 e. The Balaban J connectivity index is 1.48. The zero-order chi connectivity index (χ0) is 19.7. The summed E-state index contributed by atoms with van der Waals surface area (Å²) in [4.78, 5) is 39.0. The van der Waals surface area contributed by atoms with Crippen LogP contribution in [0.25, 0.3) is 0 Å². The number of nitrogens with one attached hydrogen (secondary N) is 2. The van der Waals surface area contributed by atoms with Crippen molar-refractivity contribution in [1.29, 1.82) is 0 Å². The van der Waals surface area contributed by atoms with Gasteiger partial charge in [0.25, 0.3) is 17.7 Å². The van der Waals surface area contributed by atoms with Crippen LogP contribution in [0.4, 0.5) is 0 Å². The lowest BCUT2D eigenvalue weighted by Crippen LogP contribution is -2.50. The number of amides is 3. The van der Waals surface area contributed by atoms with Crippen molar-refractivity contribution in [2.45, 2.75) is 25.9 Å². The Hall–Kier alpha value is -2.99. The zero-order valence-corrected chi connectivity index (χ0v) is 15.8. The molecule has 2 aliphatic heterocycles. The van der Waals surface area contributed by atoms with Crippen molar-refractivity contribution in [1.82, 2.24) is 15.5 Å². The average molecular weight is 377 g/mol. The van der Waals surface area contributed by atoms with E-state index in [0.717, 1.165) is 25.1 Å². The van der Waals surface area contributed by atoms with Gasteiger partial charge in [0.05, 0.1) is 17.7 Å². The van der Waals surface area contributed by atoms with Crippen LogP contribution in [-0.4, -0.2) is 41.8 Å². The highest BCUT2D eigenvalue weighted by Crippen LogP contribution is 2.24. The SMILES string of the molecule is CC1CCNCC1NC(=O)c1cccc(CN2C(=O)c3ccccc3C2=O)c1. The molecule has 2 aromatic rings. The third kappa shape index (κ3) is 3.43. The normalized spacial score (nSPS) is 21.5. The Kier molecular flexibility index (Phi) is 4.96. The highest BCUT2D eigenvalue weighted by molar-refractivity contribution is 6.21. The molecule has 1 saturated heterocycles. The maximum atomic E-state index is 12.7. The van der Waals surface area contributed by atoms with E-state index in [4.69, 9.17) is 0 Å². The molecule has 2 atom stereocenters. The molecule has 4 rings (SSSR count). The minimum Gasteiger partial charge on any atom is -0.348 e. The Morgan fingerprint density at radius 3 is 2.50 bits per heavy atom. The lowest BCUT2D eigenvalue weighted by molar-refractivity contribution is 0.0642.